The van der Waals surface area contributed by atoms with Gasteiger partial charge in [0.15, 0.2) is 0 Å². The lowest BCUT2D eigenvalue weighted by atomic mass is 9.87. The monoisotopic (exact) mass is 365 g/mol. The van der Waals surface area contributed by atoms with E-state index in [1.807, 2.05) is 0 Å². The van der Waals surface area contributed by atoms with Gasteiger partial charge < -0.3 is 5.32 Å². The van der Waals surface area contributed by atoms with Crippen LogP contribution < -0.4 is 5.32 Å². The molecule has 0 aliphatic carbocycles. The lowest BCUT2D eigenvalue weighted by molar-refractivity contribution is -0.137. The van der Waals surface area contributed by atoms with Gasteiger partial charge in [0.1, 0.15) is 5.82 Å². The van der Waals surface area contributed by atoms with Gasteiger partial charge in [0.2, 0.25) is 0 Å². The van der Waals surface area contributed by atoms with Crippen molar-refractivity contribution in [3.63, 3.8) is 0 Å². The minimum Gasteiger partial charge on any atom is -0.316 e. The van der Waals surface area contributed by atoms with Gasteiger partial charge in [0.25, 0.3) is 0 Å². The van der Waals surface area contributed by atoms with Crippen molar-refractivity contribution in [1.29, 1.82) is 0 Å². The second-order valence-electron chi connectivity index (χ2n) is 6.18. The molecule has 0 saturated carbocycles. The second kappa shape index (κ2) is 6.18. The number of halogens is 4. The fourth-order valence-corrected chi connectivity index (χ4v) is 4.50. The van der Waals surface area contributed by atoms with E-state index in [1.165, 1.54) is 36.0 Å². The summed E-state index contributed by atoms with van der Waals surface area (Å²) in [6.07, 6.45) is -2.81. The van der Waals surface area contributed by atoms with Crippen molar-refractivity contribution in [2.24, 2.45) is 0 Å². The van der Waals surface area contributed by atoms with Crippen molar-refractivity contribution in [3.05, 3.63) is 64.5 Å². The Morgan fingerprint density at radius 3 is 2.36 bits per heavy atom. The molecule has 2 aliphatic heterocycles. The summed E-state index contributed by atoms with van der Waals surface area (Å²) in [4.78, 5) is 1.50. The zero-order valence-electron chi connectivity index (χ0n) is 13.2. The Labute approximate surface area is 147 Å². The van der Waals surface area contributed by atoms with Crippen LogP contribution in [0, 0.1) is 5.82 Å². The summed E-state index contributed by atoms with van der Waals surface area (Å²) >= 11 is 1.33. The largest absolute Gasteiger partial charge is 0.416 e. The fraction of sp³-hybridized carbons (Fsp3) is 0.263. The Balaban J connectivity index is 1.95. The Kier molecular flexibility index (Phi) is 4.12. The SMILES string of the molecule is Fc1ccc2c(c1)Sc1ccc(C(F)(F)F)cc1C2=C1CCNCC1. The number of hydrogen-bond acceptors (Lipinski definition) is 2. The number of nitrogens with one attached hydrogen (secondary N) is 1. The van der Waals surface area contributed by atoms with Crippen molar-refractivity contribution in [1.82, 2.24) is 5.32 Å². The van der Waals surface area contributed by atoms with Gasteiger partial charge in [-0.15, -0.1) is 0 Å². The number of hydrogen-bond donors (Lipinski definition) is 1. The first kappa shape index (κ1) is 16.7. The highest BCUT2D eigenvalue weighted by molar-refractivity contribution is 7.99. The van der Waals surface area contributed by atoms with E-state index in [9.17, 15) is 17.6 Å². The molecular formula is C19H15F4NS. The molecule has 1 saturated heterocycles. The molecule has 25 heavy (non-hydrogen) atoms. The minimum atomic E-state index is -4.38. The molecule has 2 aromatic carbocycles. The first-order valence-electron chi connectivity index (χ1n) is 8.05. The predicted octanol–water partition coefficient (Wildman–Crippen LogP) is 5.49. The van der Waals surface area contributed by atoms with Gasteiger partial charge in [0, 0.05) is 9.79 Å². The van der Waals surface area contributed by atoms with Crippen LogP contribution in [0.15, 0.2) is 51.8 Å². The maximum atomic E-state index is 13.7. The van der Waals surface area contributed by atoms with Crippen molar-refractivity contribution >= 4 is 17.3 Å². The van der Waals surface area contributed by atoms with Crippen LogP contribution in [0.3, 0.4) is 0 Å². The first-order chi connectivity index (χ1) is 11.9. The van der Waals surface area contributed by atoms with Gasteiger partial charge >= 0.3 is 6.18 Å². The van der Waals surface area contributed by atoms with Gasteiger partial charge in [-0.3, -0.25) is 0 Å². The van der Waals surface area contributed by atoms with Gasteiger partial charge in [-0.1, -0.05) is 23.4 Å². The number of benzene rings is 2. The van der Waals surface area contributed by atoms with E-state index < -0.39 is 11.7 Å². The molecule has 0 radical (unpaired) electrons. The summed E-state index contributed by atoms with van der Waals surface area (Å²) in [5.41, 5.74) is 2.76. The van der Waals surface area contributed by atoms with Crippen molar-refractivity contribution in [2.75, 3.05) is 13.1 Å². The summed E-state index contributed by atoms with van der Waals surface area (Å²) in [5.74, 6) is -0.337. The van der Waals surface area contributed by atoms with Crippen LogP contribution in [0.4, 0.5) is 17.6 Å². The zero-order chi connectivity index (χ0) is 17.6. The van der Waals surface area contributed by atoms with Crippen LogP contribution in [0.5, 0.6) is 0 Å². The summed E-state index contributed by atoms with van der Waals surface area (Å²) in [6, 6.07) is 8.35. The molecule has 130 valence electrons. The summed E-state index contributed by atoms with van der Waals surface area (Å²) in [7, 11) is 0. The smallest absolute Gasteiger partial charge is 0.316 e. The maximum Gasteiger partial charge on any atom is 0.416 e. The van der Waals surface area contributed by atoms with Crippen molar-refractivity contribution in [2.45, 2.75) is 28.8 Å². The fourth-order valence-electron chi connectivity index (χ4n) is 3.40. The van der Waals surface area contributed by atoms with Gasteiger partial charge in [0.05, 0.1) is 5.56 Å². The molecule has 2 aliphatic rings. The van der Waals surface area contributed by atoms with Crippen LogP contribution in [0.1, 0.15) is 29.5 Å². The van der Waals surface area contributed by atoms with Crippen LogP contribution in [-0.4, -0.2) is 13.1 Å². The molecular weight excluding hydrogens is 350 g/mol. The van der Waals surface area contributed by atoms with E-state index in [1.54, 1.807) is 6.07 Å². The Bertz CT molecular complexity index is 862. The first-order valence-corrected chi connectivity index (χ1v) is 8.87. The third kappa shape index (κ3) is 3.09. The van der Waals surface area contributed by atoms with Crippen LogP contribution >= 0.6 is 11.8 Å². The molecule has 1 fully saturated rings. The summed E-state index contributed by atoms with van der Waals surface area (Å²) < 4.78 is 53.3. The highest BCUT2D eigenvalue weighted by Crippen LogP contribution is 2.49. The molecule has 0 spiro atoms. The molecule has 0 atom stereocenters. The molecule has 0 amide bonds. The summed E-state index contributed by atoms with van der Waals surface area (Å²) in [6.45, 7) is 1.60. The van der Waals surface area contributed by atoms with Gasteiger partial charge in [-0.05, 0) is 73.0 Å². The Morgan fingerprint density at radius 1 is 0.880 bits per heavy atom. The molecule has 0 unspecified atom stereocenters. The lowest BCUT2D eigenvalue weighted by Crippen LogP contribution is -2.24. The lowest BCUT2D eigenvalue weighted by Gasteiger charge is -2.28. The van der Waals surface area contributed by atoms with E-state index >= 15 is 0 Å². The molecule has 2 aromatic rings. The molecule has 0 aromatic heterocycles. The summed E-state index contributed by atoms with van der Waals surface area (Å²) in [5, 5.41) is 3.27. The highest BCUT2D eigenvalue weighted by Gasteiger charge is 2.33. The van der Waals surface area contributed by atoms with E-state index in [-0.39, 0.29) is 5.82 Å². The van der Waals surface area contributed by atoms with Crippen LogP contribution in [0.25, 0.3) is 5.57 Å². The predicted molar refractivity (Wildman–Crippen MR) is 90.1 cm³/mol. The third-order valence-electron chi connectivity index (χ3n) is 4.57. The van der Waals surface area contributed by atoms with Crippen LogP contribution in [0.2, 0.25) is 0 Å². The van der Waals surface area contributed by atoms with E-state index in [2.05, 4.69) is 5.32 Å². The van der Waals surface area contributed by atoms with Crippen molar-refractivity contribution in [3.8, 4) is 0 Å². The molecule has 1 nitrogen and oxygen atoms in total. The third-order valence-corrected chi connectivity index (χ3v) is 5.70. The standard InChI is InChI=1S/C19H15F4NS/c20-13-2-3-14-17(10-13)25-16-4-1-12(19(21,22)23)9-15(16)18(14)11-5-7-24-8-6-11/h1-4,9-10,24H,5-8H2. The number of alkyl halides is 3. The minimum absolute atomic E-state index is 0.337. The number of fused-ring (bicyclic) bond motifs is 2. The molecule has 4 rings (SSSR count). The number of piperidine rings is 1. The second-order valence-corrected chi connectivity index (χ2v) is 7.26. The Hall–Kier alpha value is -1.79. The van der Waals surface area contributed by atoms with Crippen LogP contribution in [-0.2, 0) is 6.18 Å². The normalized spacial score (nSPS) is 17.3. The Morgan fingerprint density at radius 2 is 1.64 bits per heavy atom. The van der Waals surface area contributed by atoms with Gasteiger partial charge in [-0.2, -0.15) is 13.2 Å². The molecule has 0 bridgehead atoms. The van der Waals surface area contributed by atoms with Crippen molar-refractivity contribution < 1.29 is 17.6 Å². The molecule has 6 heteroatoms. The topological polar surface area (TPSA) is 12.0 Å². The van der Waals surface area contributed by atoms with E-state index in [4.69, 9.17) is 0 Å². The average Bonchev–Trinajstić information content (AvgIpc) is 2.59. The maximum absolute atomic E-state index is 13.7. The highest BCUT2D eigenvalue weighted by atomic mass is 32.2. The van der Waals surface area contributed by atoms with E-state index in [0.717, 1.165) is 58.5 Å². The average molecular weight is 365 g/mol. The number of rotatable bonds is 0. The zero-order valence-corrected chi connectivity index (χ0v) is 14.0. The molecule has 1 N–H and O–H groups in total. The quantitative estimate of drug-likeness (QED) is 0.529. The van der Waals surface area contributed by atoms with E-state index in [0.29, 0.717) is 5.56 Å². The van der Waals surface area contributed by atoms with Gasteiger partial charge in [-0.25, -0.2) is 4.39 Å². The molecule has 2 heterocycles.